The SMILES string of the molecule is CN(C)[C@@H]1c2onc(OCc3ccccc3)c2C(=O)[C@@]2(O)C(=O)C=CC[C@@H]12.CN(C)[C@@H]1c2onc(OCc3ccccc3)c2C(=O)[C@@]2(O)[C@H](O)C=CC[C@@H]12. The molecule has 0 aliphatic heterocycles. The molecule has 2 aromatic carbocycles. The molecule has 14 heteroatoms. The predicted octanol–water partition coefficient (Wildman–Crippen LogP) is 3.65. The molecule has 4 aliphatic carbocycles. The van der Waals surface area contributed by atoms with Crippen molar-refractivity contribution >= 4 is 17.3 Å². The molecule has 0 saturated carbocycles. The molecule has 54 heavy (non-hydrogen) atoms. The van der Waals surface area contributed by atoms with Gasteiger partial charge in [-0.2, -0.15) is 0 Å². The van der Waals surface area contributed by atoms with Gasteiger partial charge in [0.05, 0.1) is 12.1 Å². The van der Waals surface area contributed by atoms with Crippen LogP contribution in [0.3, 0.4) is 0 Å². The highest BCUT2D eigenvalue weighted by Gasteiger charge is 2.62. The third-order valence-corrected chi connectivity index (χ3v) is 10.7. The van der Waals surface area contributed by atoms with E-state index in [4.69, 9.17) is 18.5 Å². The number of hydrogen-bond donors (Lipinski definition) is 3. The summed E-state index contributed by atoms with van der Waals surface area (Å²) in [5, 5.41) is 40.6. The lowest BCUT2D eigenvalue weighted by Gasteiger charge is -2.47. The largest absolute Gasteiger partial charge is 0.470 e. The lowest BCUT2D eigenvalue weighted by Crippen LogP contribution is -2.61. The third-order valence-electron chi connectivity index (χ3n) is 10.7. The zero-order chi connectivity index (χ0) is 38.4. The van der Waals surface area contributed by atoms with Gasteiger partial charge in [0.2, 0.25) is 11.6 Å². The standard InChI is InChI=1S/C20H22N2O5.C20H20N2O5/c2*1-22(2)16-13-9-6-10-14(23)20(13,25)18(24)15-17(16)27-21-19(15)26-11-12-7-4-3-5-8-12/h3-8,10,13-14,16,23,25H,9,11H2,1-2H3;3-8,10,13,16,25H,9,11H2,1-2H3/t13-,14+,16-,20-;13-,16-,20-/m00/s1. The van der Waals surface area contributed by atoms with Gasteiger partial charge in [0.1, 0.15) is 30.4 Å². The van der Waals surface area contributed by atoms with Crippen molar-refractivity contribution < 1.29 is 48.2 Å². The number of fused-ring (bicyclic) bond motifs is 4. The van der Waals surface area contributed by atoms with Gasteiger partial charge in [0, 0.05) is 11.8 Å². The summed E-state index contributed by atoms with van der Waals surface area (Å²) in [5.41, 5.74) is -2.10. The molecule has 2 heterocycles. The van der Waals surface area contributed by atoms with Crippen molar-refractivity contribution in [3.8, 4) is 11.8 Å². The second-order valence-corrected chi connectivity index (χ2v) is 14.4. The Morgan fingerprint density at radius 2 is 1.20 bits per heavy atom. The van der Waals surface area contributed by atoms with Gasteiger partial charge in [0.25, 0.3) is 11.8 Å². The van der Waals surface area contributed by atoms with Crippen LogP contribution in [0, 0.1) is 11.8 Å². The Labute approximate surface area is 311 Å². The highest BCUT2D eigenvalue weighted by atomic mass is 16.5. The van der Waals surface area contributed by atoms with E-state index in [9.17, 15) is 29.7 Å². The monoisotopic (exact) mass is 738 g/mol. The predicted molar refractivity (Wildman–Crippen MR) is 191 cm³/mol. The van der Waals surface area contributed by atoms with Crippen LogP contribution in [0.25, 0.3) is 0 Å². The summed E-state index contributed by atoms with van der Waals surface area (Å²) in [7, 11) is 7.28. The number of Topliss-reactive ketones (excluding diaryl/α,β-unsaturated/α-hetero) is 2. The molecule has 0 fully saturated rings. The van der Waals surface area contributed by atoms with E-state index >= 15 is 0 Å². The number of aromatic nitrogens is 2. The zero-order valence-electron chi connectivity index (χ0n) is 30.3. The van der Waals surface area contributed by atoms with Crippen molar-refractivity contribution in [3.63, 3.8) is 0 Å². The average molecular weight is 739 g/mol. The number of ketones is 3. The summed E-state index contributed by atoms with van der Waals surface area (Å²) < 4.78 is 22.4. The number of rotatable bonds is 8. The van der Waals surface area contributed by atoms with Gasteiger partial charge in [-0.05, 0) is 68.5 Å². The van der Waals surface area contributed by atoms with Crippen LogP contribution in [0.4, 0.5) is 0 Å². The van der Waals surface area contributed by atoms with Crippen LogP contribution in [-0.4, -0.2) is 98.3 Å². The Hall–Kier alpha value is -5.25. The highest BCUT2D eigenvalue weighted by molar-refractivity contribution is 6.23. The van der Waals surface area contributed by atoms with Gasteiger partial charge in [-0.1, -0.05) is 78.9 Å². The van der Waals surface area contributed by atoms with Crippen molar-refractivity contribution in [2.75, 3.05) is 28.2 Å². The molecule has 0 spiro atoms. The van der Waals surface area contributed by atoms with Crippen LogP contribution in [0.15, 0.2) is 94.0 Å². The van der Waals surface area contributed by atoms with Gasteiger partial charge < -0.3 is 33.8 Å². The fourth-order valence-electron chi connectivity index (χ4n) is 8.00. The summed E-state index contributed by atoms with van der Waals surface area (Å²) in [6, 6.07) is 18.0. The van der Waals surface area contributed by atoms with Gasteiger partial charge in [-0.25, -0.2) is 0 Å². The zero-order valence-corrected chi connectivity index (χ0v) is 30.3. The second kappa shape index (κ2) is 14.5. The van der Waals surface area contributed by atoms with Crippen LogP contribution < -0.4 is 9.47 Å². The summed E-state index contributed by atoms with van der Waals surface area (Å²) in [6.07, 6.45) is 5.73. The number of nitrogens with zero attached hydrogens (tertiary/aromatic N) is 4. The summed E-state index contributed by atoms with van der Waals surface area (Å²) >= 11 is 0. The molecule has 7 atom stereocenters. The lowest BCUT2D eigenvalue weighted by molar-refractivity contribution is -0.137. The number of hydrogen-bond acceptors (Lipinski definition) is 14. The van der Waals surface area contributed by atoms with Crippen LogP contribution in [0.1, 0.15) is 68.3 Å². The first-order chi connectivity index (χ1) is 25.9. The van der Waals surface area contributed by atoms with Crippen molar-refractivity contribution in [2.24, 2.45) is 11.8 Å². The van der Waals surface area contributed by atoms with Gasteiger partial charge in [-0.3, -0.25) is 24.2 Å². The van der Waals surface area contributed by atoms with E-state index < -0.39 is 58.6 Å². The molecule has 2 aromatic heterocycles. The van der Waals surface area contributed by atoms with Crippen LogP contribution in [0.2, 0.25) is 0 Å². The smallest absolute Gasteiger partial charge is 0.265 e. The number of allylic oxidation sites excluding steroid dienone is 2. The first-order valence-corrected chi connectivity index (χ1v) is 17.6. The van der Waals surface area contributed by atoms with Crippen LogP contribution >= 0.6 is 0 Å². The fourth-order valence-corrected chi connectivity index (χ4v) is 8.00. The first kappa shape index (κ1) is 37.1. The molecule has 282 valence electrons. The van der Waals surface area contributed by atoms with E-state index in [-0.39, 0.29) is 36.1 Å². The number of carbonyl (C=O) groups is 3. The molecule has 8 rings (SSSR count). The minimum Gasteiger partial charge on any atom is -0.470 e. The number of ether oxygens (including phenoxy) is 2. The minimum atomic E-state index is -2.13. The highest BCUT2D eigenvalue weighted by Crippen LogP contribution is 2.51. The van der Waals surface area contributed by atoms with Crippen molar-refractivity contribution in [1.29, 1.82) is 0 Å². The number of aliphatic hydroxyl groups excluding tert-OH is 1. The molecular weight excluding hydrogens is 696 g/mol. The van der Waals surface area contributed by atoms with Gasteiger partial charge >= 0.3 is 0 Å². The molecule has 4 aliphatic rings. The van der Waals surface area contributed by atoms with Gasteiger partial charge in [-0.15, -0.1) is 0 Å². The van der Waals surface area contributed by atoms with E-state index in [1.807, 2.05) is 84.6 Å². The van der Waals surface area contributed by atoms with Crippen molar-refractivity contribution in [3.05, 3.63) is 119 Å². The quantitative estimate of drug-likeness (QED) is 0.176. The molecule has 0 amide bonds. The second-order valence-electron chi connectivity index (χ2n) is 14.4. The summed E-state index contributed by atoms with van der Waals surface area (Å²) in [5.74, 6) is -2.38. The van der Waals surface area contributed by atoms with Crippen molar-refractivity contribution in [1.82, 2.24) is 20.1 Å². The maximum absolute atomic E-state index is 13.2. The molecule has 0 bridgehead atoms. The number of aliphatic hydroxyl groups is 3. The Kier molecular flexibility index (Phi) is 9.98. The topological polar surface area (TPSA) is 189 Å². The molecule has 0 saturated heterocycles. The number of benzene rings is 2. The summed E-state index contributed by atoms with van der Waals surface area (Å²) in [4.78, 5) is 42.5. The third kappa shape index (κ3) is 6.09. The molecule has 0 radical (unpaired) electrons. The van der Waals surface area contributed by atoms with E-state index in [0.29, 0.717) is 24.4 Å². The summed E-state index contributed by atoms with van der Waals surface area (Å²) in [6.45, 7) is 0.402. The molecule has 3 N–H and O–H groups in total. The molecule has 14 nitrogen and oxygen atoms in total. The Morgan fingerprint density at radius 3 is 1.72 bits per heavy atom. The number of carbonyl (C=O) groups excluding carboxylic acids is 3. The first-order valence-electron chi connectivity index (χ1n) is 17.6. The Morgan fingerprint density at radius 1 is 0.722 bits per heavy atom. The Balaban J connectivity index is 0.000000167. The Bertz CT molecular complexity index is 2090. The molecule has 0 unspecified atom stereocenters. The van der Waals surface area contributed by atoms with E-state index in [1.165, 1.54) is 12.2 Å². The van der Waals surface area contributed by atoms with Crippen LogP contribution in [-0.2, 0) is 18.0 Å². The average Bonchev–Trinajstić information content (AvgIpc) is 3.78. The minimum absolute atomic E-state index is 0.0000638. The fraction of sp³-hybridized carbons (Fsp3) is 0.375. The normalized spacial score (nSPS) is 28.2. The van der Waals surface area contributed by atoms with Crippen molar-refractivity contribution in [2.45, 2.75) is 55.4 Å². The van der Waals surface area contributed by atoms with E-state index in [0.717, 1.165) is 11.1 Å². The maximum atomic E-state index is 13.2. The molecule has 4 aromatic rings. The van der Waals surface area contributed by atoms with E-state index in [2.05, 4.69) is 10.3 Å². The maximum Gasteiger partial charge on any atom is 0.265 e. The van der Waals surface area contributed by atoms with Crippen LogP contribution in [0.5, 0.6) is 11.8 Å². The van der Waals surface area contributed by atoms with Gasteiger partial charge in [0.15, 0.2) is 28.5 Å². The van der Waals surface area contributed by atoms with E-state index in [1.54, 1.807) is 26.2 Å². The molecular formula is C40H42N4O10. The lowest BCUT2D eigenvalue weighted by atomic mass is 9.64.